The number of guanidine groups is 1. The first-order valence-corrected chi connectivity index (χ1v) is 9.35. The Hall–Kier alpha value is -0.620. The molecule has 2 N–H and O–H groups in total. The Bertz CT molecular complexity index is 576. The van der Waals surface area contributed by atoms with Gasteiger partial charge in [0.25, 0.3) is 0 Å². The third-order valence-corrected chi connectivity index (χ3v) is 5.17. The monoisotopic (exact) mass is 505 g/mol. The minimum atomic E-state index is -4.14. The summed E-state index contributed by atoms with van der Waals surface area (Å²) >= 11 is 1.67. The van der Waals surface area contributed by atoms with Crippen molar-refractivity contribution in [2.75, 3.05) is 33.2 Å². The summed E-state index contributed by atoms with van der Waals surface area (Å²) in [4.78, 5) is 10.2. The molecule has 26 heavy (non-hydrogen) atoms. The predicted molar refractivity (Wildman–Crippen MR) is 111 cm³/mol. The van der Waals surface area contributed by atoms with Crippen molar-refractivity contribution in [3.8, 4) is 0 Å². The van der Waals surface area contributed by atoms with Gasteiger partial charge >= 0.3 is 6.18 Å². The van der Waals surface area contributed by atoms with Gasteiger partial charge in [-0.25, -0.2) is 4.98 Å². The minimum Gasteiger partial charge on any atom is -0.356 e. The quantitative estimate of drug-likeness (QED) is 0.354. The molecule has 1 fully saturated rings. The first-order chi connectivity index (χ1) is 11.8. The molecule has 1 aliphatic heterocycles. The van der Waals surface area contributed by atoms with E-state index in [0.717, 1.165) is 17.1 Å². The highest BCUT2D eigenvalue weighted by Gasteiger charge is 2.34. The van der Waals surface area contributed by atoms with Crippen LogP contribution in [0.4, 0.5) is 13.2 Å². The minimum absolute atomic E-state index is 0. The Morgan fingerprint density at radius 2 is 2.19 bits per heavy atom. The summed E-state index contributed by atoms with van der Waals surface area (Å²) in [5, 5.41) is 9.61. The standard InChI is InChI=1S/C16H26F3N5S.HI/c1-11(2)14-22-13(9-25-14)4-6-21-15(20-3)23-12-5-7-24(8-12)10-16(17,18)19;/h9,11-12H,4-8,10H2,1-3H3,(H2,20,21,23);1H. The van der Waals surface area contributed by atoms with Crippen LogP contribution < -0.4 is 10.6 Å². The SMILES string of the molecule is CN=C(NCCc1csc(C(C)C)n1)NC1CCN(CC(F)(F)F)C1.I. The molecule has 0 spiro atoms. The Kier molecular flexibility index (Phi) is 9.59. The van der Waals surface area contributed by atoms with E-state index in [4.69, 9.17) is 0 Å². The van der Waals surface area contributed by atoms with E-state index in [1.54, 1.807) is 18.4 Å². The maximum absolute atomic E-state index is 12.4. The van der Waals surface area contributed by atoms with Crippen LogP contribution in [0.25, 0.3) is 0 Å². The molecule has 1 atom stereocenters. The lowest BCUT2D eigenvalue weighted by molar-refractivity contribution is -0.143. The van der Waals surface area contributed by atoms with Crippen molar-refractivity contribution in [1.29, 1.82) is 0 Å². The number of thiazole rings is 1. The van der Waals surface area contributed by atoms with Crippen LogP contribution in [0.3, 0.4) is 0 Å². The maximum atomic E-state index is 12.4. The van der Waals surface area contributed by atoms with Crippen molar-refractivity contribution < 1.29 is 13.2 Å². The average Bonchev–Trinajstić information content (AvgIpc) is 3.14. The van der Waals surface area contributed by atoms with E-state index in [1.165, 1.54) is 4.90 Å². The van der Waals surface area contributed by atoms with Crippen molar-refractivity contribution in [1.82, 2.24) is 20.5 Å². The zero-order chi connectivity index (χ0) is 18.4. The van der Waals surface area contributed by atoms with E-state index in [0.29, 0.717) is 37.9 Å². The van der Waals surface area contributed by atoms with Gasteiger partial charge in [-0.1, -0.05) is 13.8 Å². The van der Waals surface area contributed by atoms with Crippen LogP contribution in [-0.2, 0) is 6.42 Å². The first kappa shape index (κ1) is 23.4. The summed E-state index contributed by atoms with van der Waals surface area (Å²) in [5.41, 5.74) is 1.05. The summed E-state index contributed by atoms with van der Waals surface area (Å²) in [6, 6.07) is -0.0135. The smallest absolute Gasteiger partial charge is 0.356 e. The molecule has 150 valence electrons. The van der Waals surface area contributed by atoms with Gasteiger partial charge in [-0.3, -0.25) is 9.89 Å². The number of nitrogens with zero attached hydrogens (tertiary/aromatic N) is 3. The molecule has 1 aliphatic rings. The van der Waals surface area contributed by atoms with Gasteiger partial charge in [0.05, 0.1) is 17.2 Å². The Morgan fingerprint density at radius 1 is 1.46 bits per heavy atom. The summed E-state index contributed by atoms with van der Waals surface area (Å²) in [5.74, 6) is 1.06. The van der Waals surface area contributed by atoms with Crippen LogP contribution in [0.1, 0.15) is 36.9 Å². The Labute approximate surface area is 173 Å². The number of aliphatic imine (C=N–C) groups is 1. The molecule has 1 aromatic rings. The largest absolute Gasteiger partial charge is 0.401 e. The van der Waals surface area contributed by atoms with Crippen LogP contribution in [0, 0.1) is 0 Å². The molecule has 10 heteroatoms. The first-order valence-electron chi connectivity index (χ1n) is 8.47. The highest BCUT2D eigenvalue weighted by Crippen LogP contribution is 2.20. The van der Waals surface area contributed by atoms with E-state index < -0.39 is 12.7 Å². The van der Waals surface area contributed by atoms with Crippen LogP contribution in [0.5, 0.6) is 0 Å². The summed E-state index contributed by atoms with van der Waals surface area (Å²) in [7, 11) is 1.66. The second-order valence-electron chi connectivity index (χ2n) is 6.56. The Balaban J connectivity index is 0.00000338. The van der Waals surface area contributed by atoms with Crippen LogP contribution in [-0.4, -0.2) is 61.3 Å². The van der Waals surface area contributed by atoms with E-state index in [1.807, 2.05) is 0 Å². The van der Waals surface area contributed by atoms with Crippen molar-refractivity contribution in [3.05, 3.63) is 16.1 Å². The molecule has 5 nitrogen and oxygen atoms in total. The number of nitrogens with one attached hydrogen (secondary N) is 2. The highest BCUT2D eigenvalue weighted by atomic mass is 127. The number of likely N-dealkylation sites (tertiary alicyclic amines) is 1. The molecule has 0 bridgehead atoms. The third kappa shape index (κ3) is 7.95. The van der Waals surface area contributed by atoms with Gasteiger partial charge in [0.1, 0.15) is 0 Å². The lowest BCUT2D eigenvalue weighted by Gasteiger charge is -2.19. The number of hydrogen-bond acceptors (Lipinski definition) is 4. The number of alkyl halides is 3. The van der Waals surface area contributed by atoms with Crippen molar-refractivity contribution >= 4 is 41.3 Å². The van der Waals surface area contributed by atoms with Gasteiger partial charge in [0.2, 0.25) is 0 Å². The average molecular weight is 505 g/mol. The van der Waals surface area contributed by atoms with Crippen molar-refractivity contribution in [2.45, 2.75) is 44.8 Å². The summed E-state index contributed by atoms with van der Waals surface area (Å²) < 4.78 is 37.3. The predicted octanol–water partition coefficient (Wildman–Crippen LogP) is 3.23. The van der Waals surface area contributed by atoms with Crippen molar-refractivity contribution in [2.24, 2.45) is 4.99 Å². The number of halogens is 4. The van der Waals surface area contributed by atoms with Gasteiger partial charge in [0, 0.05) is 50.4 Å². The van der Waals surface area contributed by atoms with Gasteiger partial charge in [0.15, 0.2) is 5.96 Å². The molecular formula is C16H27F3IN5S. The molecule has 2 rings (SSSR count). The molecule has 0 aromatic carbocycles. The second kappa shape index (κ2) is 10.6. The number of aromatic nitrogens is 1. The number of rotatable bonds is 6. The number of hydrogen-bond donors (Lipinski definition) is 2. The second-order valence-corrected chi connectivity index (χ2v) is 7.45. The molecular weight excluding hydrogens is 478 g/mol. The highest BCUT2D eigenvalue weighted by molar-refractivity contribution is 14.0. The molecule has 1 saturated heterocycles. The molecule has 2 heterocycles. The molecule has 0 radical (unpaired) electrons. The van der Waals surface area contributed by atoms with Gasteiger partial charge in [-0.2, -0.15) is 13.2 Å². The van der Waals surface area contributed by atoms with E-state index in [9.17, 15) is 13.2 Å². The van der Waals surface area contributed by atoms with E-state index in [2.05, 4.69) is 39.8 Å². The van der Waals surface area contributed by atoms with E-state index in [-0.39, 0.29) is 30.0 Å². The zero-order valence-electron chi connectivity index (χ0n) is 15.3. The van der Waals surface area contributed by atoms with Gasteiger partial charge in [-0.05, 0) is 6.42 Å². The van der Waals surface area contributed by atoms with Gasteiger partial charge in [-0.15, -0.1) is 35.3 Å². The maximum Gasteiger partial charge on any atom is 0.401 e. The molecule has 1 aromatic heterocycles. The fraction of sp³-hybridized carbons (Fsp3) is 0.750. The van der Waals surface area contributed by atoms with Crippen LogP contribution >= 0.6 is 35.3 Å². The lowest BCUT2D eigenvalue weighted by atomic mass is 10.2. The van der Waals surface area contributed by atoms with E-state index >= 15 is 0 Å². The van der Waals surface area contributed by atoms with Gasteiger partial charge < -0.3 is 10.6 Å². The molecule has 1 unspecified atom stereocenters. The topological polar surface area (TPSA) is 52.6 Å². The zero-order valence-corrected chi connectivity index (χ0v) is 18.4. The molecule has 0 amide bonds. The lowest BCUT2D eigenvalue weighted by Crippen LogP contribution is -2.45. The van der Waals surface area contributed by atoms with Crippen LogP contribution in [0.2, 0.25) is 0 Å². The summed E-state index contributed by atoms with van der Waals surface area (Å²) in [6.07, 6.45) is -2.67. The molecule has 0 aliphatic carbocycles. The molecule has 0 saturated carbocycles. The van der Waals surface area contributed by atoms with Crippen LogP contribution in [0.15, 0.2) is 10.4 Å². The third-order valence-electron chi connectivity index (χ3n) is 3.98. The fourth-order valence-electron chi connectivity index (χ4n) is 2.75. The normalized spacial score (nSPS) is 18.9. The summed E-state index contributed by atoms with van der Waals surface area (Å²) in [6.45, 7) is 4.90. The fourth-order valence-corrected chi connectivity index (χ4v) is 3.62. The Morgan fingerprint density at radius 3 is 2.77 bits per heavy atom. The van der Waals surface area contributed by atoms with Crippen molar-refractivity contribution in [3.63, 3.8) is 0 Å².